The Kier molecular flexibility index (Phi) is 7.65. The average molecular weight is 443 g/mol. The van der Waals surface area contributed by atoms with Crippen molar-refractivity contribution in [2.24, 2.45) is 5.92 Å². The lowest BCUT2D eigenvalue weighted by molar-refractivity contribution is -0.129. The number of unbranched alkanes of at least 4 members (excludes halogenated alkanes) is 3. The van der Waals surface area contributed by atoms with Crippen LogP contribution in [0, 0.1) is 5.92 Å². The first-order valence-corrected chi connectivity index (χ1v) is 11.8. The summed E-state index contributed by atoms with van der Waals surface area (Å²) >= 11 is 0. The number of nitrogens with zero attached hydrogens (tertiary/aromatic N) is 2. The normalized spacial score (nSPS) is 18.0. The maximum atomic E-state index is 12.8. The molecule has 2 aromatic rings. The lowest BCUT2D eigenvalue weighted by Crippen LogP contribution is -2.43. The van der Waals surface area contributed by atoms with Crippen LogP contribution in [-0.2, 0) is 29.0 Å². The van der Waals surface area contributed by atoms with Crippen LogP contribution in [0.3, 0.4) is 0 Å². The van der Waals surface area contributed by atoms with Crippen molar-refractivity contribution in [3.63, 3.8) is 0 Å². The second kappa shape index (κ2) is 10.8. The largest absolute Gasteiger partial charge is 0.381 e. The summed E-state index contributed by atoms with van der Waals surface area (Å²) in [4.78, 5) is 25.7. The minimum absolute atomic E-state index is 0.00340. The van der Waals surface area contributed by atoms with Crippen LogP contribution in [0.25, 0.3) is 10.9 Å². The first-order valence-electron chi connectivity index (χ1n) is 11.8. The molecule has 0 aliphatic carbocycles. The monoisotopic (exact) mass is 442 g/mol. The van der Waals surface area contributed by atoms with Gasteiger partial charge < -0.3 is 19.5 Å². The molecule has 1 atom stereocenters. The van der Waals surface area contributed by atoms with E-state index in [1.165, 1.54) is 22.2 Å². The second-order valence-corrected chi connectivity index (χ2v) is 8.89. The fraction of sp³-hybridized carbons (Fsp3) is 0.583. The SMILES string of the molecule is O=C(CCCCCCNC(=O)N1CCc2c(c3ccccc3n2CC2CCOC2)C1)NO. The van der Waals surface area contributed by atoms with Crippen LogP contribution in [0.5, 0.6) is 0 Å². The molecule has 3 amide bonds. The Morgan fingerprint density at radius 2 is 2.00 bits per heavy atom. The number of amides is 3. The van der Waals surface area contributed by atoms with Gasteiger partial charge in [0.1, 0.15) is 0 Å². The van der Waals surface area contributed by atoms with E-state index in [9.17, 15) is 9.59 Å². The highest BCUT2D eigenvalue weighted by atomic mass is 16.5. The number of rotatable bonds is 9. The summed E-state index contributed by atoms with van der Waals surface area (Å²) in [5.41, 5.74) is 5.56. The van der Waals surface area contributed by atoms with Crippen molar-refractivity contribution in [2.45, 2.75) is 58.0 Å². The summed E-state index contributed by atoms with van der Waals surface area (Å²) in [6.45, 7) is 4.70. The van der Waals surface area contributed by atoms with Crippen LogP contribution in [0.1, 0.15) is 49.8 Å². The van der Waals surface area contributed by atoms with Gasteiger partial charge in [0.15, 0.2) is 0 Å². The zero-order chi connectivity index (χ0) is 22.3. The van der Waals surface area contributed by atoms with E-state index in [0.29, 0.717) is 25.4 Å². The first-order chi connectivity index (χ1) is 15.7. The Hall–Kier alpha value is -2.58. The van der Waals surface area contributed by atoms with Gasteiger partial charge in [0.25, 0.3) is 0 Å². The number of hydrogen-bond acceptors (Lipinski definition) is 4. The summed E-state index contributed by atoms with van der Waals surface area (Å²) in [5, 5.41) is 12.8. The van der Waals surface area contributed by atoms with Crippen molar-refractivity contribution in [1.29, 1.82) is 0 Å². The topological polar surface area (TPSA) is 95.8 Å². The molecule has 2 aliphatic heterocycles. The molecule has 8 nitrogen and oxygen atoms in total. The standard InChI is InChI=1S/C24H34N4O4/c29-23(26-31)9-3-1-2-6-12-25-24(30)27-13-10-22-20(16-27)19-7-4-5-8-21(19)28(22)15-18-11-14-32-17-18/h4-5,7-8,18,31H,1-3,6,9-17H2,(H,25,30)(H,26,29). The van der Waals surface area contributed by atoms with E-state index >= 15 is 0 Å². The van der Waals surface area contributed by atoms with Crippen molar-refractivity contribution in [2.75, 3.05) is 26.3 Å². The molecule has 1 fully saturated rings. The number of benzene rings is 1. The number of aromatic nitrogens is 1. The molecule has 1 aromatic heterocycles. The maximum absolute atomic E-state index is 12.8. The fourth-order valence-electron chi connectivity index (χ4n) is 4.90. The molecule has 1 aromatic carbocycles. The Bertz CT molecular complexity index is 935. The molecule has 1 saturated heterocycles. The number of hydroxylamine groups is 1. The van der Waals surface area contributed by atoms with Gasteiger partial charge in [-0.15, -0.1) is 0 Å². The van der Waals surface area contributed by atoms with E-state index in [2.05, 4.69) is 34.1 Å². The van der Waals surface area contributed by atoms with E-state index in [-0.39, 0.29) is 11.9 Å². The van der Waals surface area contributed by atoms with E-state index in [1.807, 2.05) is 4.90 Å². The van der Waals surface area contributed by atoms with Crippen LogP contribution >= 0.6 is 0 Å². The third kappa shape index (κ3) is 5.24. The summed E-state index contributed by atoms with van der Waals surface area (Å²) in [7, 11) is 0. The van der Waals surface area contributed by atoms with Crippen LogP contribution in [0.4, 0.5) is 4.79 Å². The Morgan fingerprint density at radius 1 is 1.16 bits per heavy atom. The molecule has 1 unspecified atom stereocenters. The highest BCUT2D eigenvalue weighted by molar-refractivity contribution is 5.86. The molecule has 0 bridgehead atoms. The van der Waals surface area contributed by atoms with Crippen LogP contribution in [0.2, 0.25) is 0 Å². The lowest BCUT2D eigenvalue weighted by atomic mass is 10.0. The van der Waals surface area contributed by atoms with Crippen molar-refractivity contribution in [3.8, 4) is 0 Å². The molecule has 4 rings (SSSR count). The van der Waals surface area contributed by atoms with Gasteiger partial charge in [-0.1, -0.05) is 31.0 Å². The van der Waals surface area contributed by atoms with Gasteiger partial charge in [0, 0.05) is 73.7 Å². The fourth-order valence-corrected chi connectivity index (χ4v) is 4.90. The van der Waals surface area contributed by atoms with Gasteiger partial charge in [-0.05, 0) is 25.3 Å². The van der Waals surface area contributed by atoms with Gasteiger partial charge in [-0.3, -0.25) is 10.0 Å². The zero-order valence-electron chi connectivity index (χ0n) is 18.6. The second-order valence-electron chi connectivity index (χ2n) is 8.89. The number of hydrogen-bond donors (Lipinski definition) is 3. The van der Waals surface area contributed by atoms with Crippen molar-refractivity contribution in [1.82, 2.24) is 20.3 Å². The van der Waals surface area contributed by atoms with Gasteiger partial charge in [-0.2, -0.15) is 0 Å². The lowest BCUT2D eigenvalue weighted by Gasteiger charge is -2.29. The predicted octanol–water partition coefficient (Wildman–Crippen LogP) is 3.20. The molecule has 8 heteroatoms. The molecule has 0 radical (unpaired) electrons. The minimum Gasteiger partial charge on any atom is -0.381 e. The predicted molar refractivity (Wildman–Crippen MR) is 121 cm³/mol. The number of ether oxygens (including phenoxy) is 1. The van der Waals surface area contributed by atoms with Crippen molar-refractivity contribution in [3.05, 3.63) is 35.5 Å². The van der Waals surface area contributed by atoms with Crippen LogP contribution in [-0.4, -0.2) is 52.9 Å². The molecule has 2 aliphatic rings. The molecule has 0 spiro atoms. The summed E-state index contributed by atoms with van der Waals surface area (Å²) in [6, 6.07) is 8.54. The van der Waals surface area contributed by atoms with Crippen LogP contribution in [0.15, 0.2) is 24.3 Å². The molecule has 3 N–H and O–H groups in total. The minimum atomic E-state index is -0.347. The Labute approximate surface area is 188 Å². The summed E-state index contributed by atoms with van der Waals surface area (Å²) in [6.07, 6.45) is 5.80. The number of urea groups is 1. The third-order valence-electron chi connectivity index (χ3n) is 6.65. The van der Waals surface area contributed by atoms with Gasteiger partial charge in [0.05, 0.1) is 6.61 Å². The Balaban J connectivity index is 1.31. The average Bonchev–Trinajstić information content (AvgIpc) is 3.45. The first kappa shape index (κ1) is 22.6. The molecular weight excluding hydrogens is 408 g/mol. The van der Waals surface area contributed by atoms with E-state index < -0.39 is 0 Å². The highest BCUT2D eigenvalue weighted by Gasteiger charge is 2.28. The number of fused-ring (bicyclic) bond motifs is 3. The number of nitrogens with one attached hydrogen (secondary N) is 2. The van der Waals surface area contributed by atoms with E-state index in [1.54, 1.807) is 5.48 Å². The van der Waals surface area contributed by atoms with Gasteiger partial charge in [-0.25, -0.2) is 10.3 Å². The number of carbonyl (C=O) groups is 2. The summed E-state index contributed by atoms with van der Waals surface area (Å²) in [5.74, 6) is 0.218. The van der Waals surface area contributed by atoms with Crippen molar-refractivity contribution < 1.29 is 19.5 Å². The zero-order valence-corrected chi connectivity index (χ0v) is 18.6. The molecule has 0 saturated carbocycles. The number of carbonyl (C=O) groups excluding carboxylic acids is 2. The smallest absolute Gasteiger partial charge is 0.317 e. The van der Waals surface area contributed by atoms with E-state index in [4.69, 9.17) is 9.94 Å². The van der Waals surface area contributed by atoms with Gasteiger partial charge >= 0.3 is 6.03 Å². The molecule has 3 heterocycles. The van der Waals surface area contributed by atoms with E-state index in [0.717, 1.165) is 64.8 Å². The Morgan fingerprint density at radius 3 is 2.81 bits per heavy atom. The summed E-state index contributed by atoms with van der Waals surface area (Å²) < 4.78 is 8.06. The third-order valence-corrected chi connectivity index (χ3v) is 6.65. The van der Waals surface area contributed by atoms with Gasteiger partial charge in [0.2, 0.25) is 5.91 Å². The molecular formula is C24H34N4O4. The number of para-hydroxylation sites is 1. The van der Waals surface area contributed by atoms with Crippen molar-refractivity contribution >= 4 is 22.8 Å². The quantitative estimate of drug-likeness (QED) is 0.316. The maximum Gasteiger partial charge on any atom is 0.317 e. The molecule has 32 heavy (non-hydrogen) atoms. The molecule has 174 valence electrons. The highest BCUT2D eigenvalue weighted by Crippen LogP contribution is 2.32. The van der Waals surface area contributed by atoms with Crippen LogP contribution < -0.4 is 10.8 Å².